The Kier molecular flexibility index (Phi) is 5.05. The van der Waals surface area contributed by atoms with Crippen LogP contribution in [0.4, 0.5) is 11.4 Å². The summed E-state index contributed by atoms with van der Waals surface area (Å²) in [6.45, 7) is 3.69. The fourth-order valence-corrected chi connectivity index (χ4v) is 3.45. The van der Waals surface area contributed by atoms with E-state index in [1.54, 1.807) is 14.1 Å². The third-order valence-electron chi connectivity index (χ3n) is 3.58. The highest BCUT2D eigenvalue weighted by atomic mass is 32.2. The molecule has 0 bridgehead atoms. The highest BCUT2D eigenvalue weighted by Gasteiger charge is 2.28. The van der Waals surface area contributed by atoms with Crippen LogP contribution in [0.3, 0.4) is 0 Å². The average Bonchev–Trinajstić information content (AvgIpc) is 2.47. The Labute approximate surface area is 131 Å². The molecule has 7 nitrogen and oxygen atoms in total. The third-order valence-corrected chi connectivity index (χ3v) is 5.52. The van der Waals surface area contributed by atoms with E-state index >= 15 is 0 Å². The molecule has 0 spiro atoms. The normalized spacial score (nSPS) is 16.8. The number of rotatable bonds is 4. The maximum absolute atomic E-state index is 12.1. The van der Waals surface area contributed by atoms with Crippen molar-refractivity contribution in [2.45, 2.75) is 6.92 Å². The van der Waals surface area contributed by atoms with Gasteiger partial charge in [0.25, 0.3) is 10.2 Å². The van der Waals surface area contributed by atoms with Crippen LogP contribution in [-0.4, -0.2) is 63.2 Å². The van der Waals surface area contributed by atoms with Crippen LogP contribution in [0.25, 0.3) is 0 Å². The molecule has 0 atom stereocenters. The fourth-order valence-electron chi connectivity index (χ4n) is 2.37. The van der Waals surface area contributed by atoms with Crippen molar-refractivity contribution in [2.75, 3.05) is 50.5 Å². The van der Waals surface area contributed by atoms with Gasteiger partial charge in [-0.05, 0) is 24.3 Å². The van der Waals surface area contributed by atoms with Gasteiger partial charge in [0, 0.05) is 58.6 Å². The molecule has 122 valence electrons. The Morgan fingerprint density at radius 2 is 1.64 bits per heavy atom. The highest BCUT2D eigenvalue weighted by Crippen LogP contribution is 2.20. The monoisotopic (exact) mass is 326 g/mol. The molecule has 1 saturated heterocycles. The van der Waals surface area contributed by atoms with Gasteiger partial charge in [-0.25, -0.2) is 0 Å². The molecule has 2 rings (SSSR count). The van der Waals surface area contributed by atoms with Crippen molar-refractivity contribution in [2.24, 2.45) is 0 Å². The molecule has 1 aliphatic rings. The minimum absolute atomic E-state index is 0.102. The number of carbonyl (C=O) groups is 1. The van der Waals surface area contributed by atoms with Gasteiger partial charge < -0.3 is 10.2 Å². The second-order valence-corrected chi connectivity index (χ2v) is 7.55. The molecule has 22 heavy (non-hydrogen) atoms. The first-order valence-electron chi connectivity index (χ1n) is 7.11. The van der Waals surface area contributed by atoms with Crippen molar-refractivity contribution in [3.8, 4) is 0 Å². The van der Waals surface area contributed by atoms with Crippen molar-refractivity contribution in [1.82, 2.24) is 8.61 Å². The lowest BCUT2D eigenvalue weighted by Gasteiger charge is -2.36. The van der Waals surface area contributed by atoms with Gasteiger partial charge >= 0.3 is 0 Å². The topological polar surface area (TPSA) is 73.0 Å². The van der Waals surface area contributed by atoms with Crippen LogP contribution >= 0.6 is 0 Å². The van der Waals surface area contributed by atoms with E-state index in [-0.39, 0.29) is 5.91 Å². The predicted octanol–water partition coefficient (Wildman–Crippen LogP) is 0.573. The lowest BCUT2D eigenvalue weighted by atomic mass is 10.2. The number of anilines is 2. The first-order valence-corrected chi connectivity index (χ1v) is 8.50. The Morgan fingerprint density at radius 1 is 1.09 bits per heavy atom. The van der Waals surface area contributed by atoms with Crippen LogP contribution < -0.4 is 10.2 Å². The zero-order valence-corrected chi connectivity index (χ0v) is 13.9. The predicted molar refractivity (Wildman–Crippen MR) is 87.1 cm³/mol. The Morgan fingerprint density at radius 3 is 2.09 bits per heavy atom. The van der Waals surface area contributed by atoms with Gasteiger partial charge in [-0.3, -0.25) is 4.79 Å². The molecule has 1 aromatic rings. The summed E-state index contributed by atoms with van der Waals surface area (Å²) in [5, 5.41) is 2.72. The molecular formula is C14H22N4O3S. The van der Waals surface area contributed by atoms with Gasteiger partial charge in [-0.2, -0.15) is 17.0 Å². The highest BCUT2D eigenvalue weighted by molar-refractivity contribution is 7.86. The molecule has 1 fully saturated rings. The van der Waals surface area contributed by atoms with Crippen LogP contribution in [-0.2, 0) is 15.0 Å². The van der Waals surface area contributed by atoms with E-state index in [1.165, 1.54) is 15.5 Å². The Balaban J connectivity index is 1.98. The molecule has 0 saturated carbocycles. The second kappa shape index (κ2) is 6.64. The van der Waals surface area contributed by atoms with Gasteiger partial charge in [-0.15, -0.1) is 0 Å². The number of hydrogen-bond donors (Lipinski definition) is 1. The molecule has 0 aliphatic carbocycles. The summed E-state index contributed by atoms with van der Waals surface area (Å²) < 4.78 is 26.9. The van der Waals surface area contributed by atoms with E-state index in [2.05, 4.69) is 10.2 Å². The summed E-state index contributed by atoms with van der Waals surface area (Å²) in [5.41, 5.74) is 1.78. The first kappa shape index (κ1) is 16.7. The SMILES string of the molecule is CC(=O)Nc1ccc(N2CCN(S(=O)(=O)N(C)C)CC2)cc1. The molecule has 0 radical (unpaired) electrons. The molecule has 1 aliphatic heterocycles. The number of hydrogen-bond acceptors (Lipinski definition) is 4. The summed E-state index contributed by atoms with van der Waals surface area (Å²) in [6.07, 6.45) is 0. The molecule has 1 aromatic carbocycles. The van der Waals surface area contributed by atoms with Gasteiger partial charge in [0.2, 0.25) is 5.91 Å². The molecule has 1 amide bonds. The Bertz CT molecular complexity index is 620. The largest absolute Gasteiger partial charge is 0.369 e. The van der Waals surface area contributed by atoms with Crippen molar-refractivity contribution in [3.05, 3.63) is 24.3 Å². The quantitative estimate of drug-likeness (QED) is 0.878. The zero-order valence-electron chi connectivity index (χ0n) is 13.1. The minimum atomic E-state index is -3.33. The number of nitrogens with one attached hydrogen (secondary N) is 1. The molecule has 1 N–H and O–H groups in total. The lowest BCUT2D eigenvalue weighted by Crippen LogP contribution is -2.51. The van der Waals surface area contributed by atoms with Crippen LogP contribution in [0.5, 0.6) is 0 Å². The molecular weight excluding hydrogens is 304 g/mol. The van der Waals surface area contributed by atoms with Crippen molar-refractivity contribution >= 4 is 27.5 Å². The minimum Gasteiger partial charge on any atom is -0.369 e. The standard InChI is InChI=1S/C14H22N4O3S/c1-12(19)15-13-4-6-14(7-5-13)17-8-10-18(11-9-17)22(20,21)16(2)3/h4-7H,8-11H2,1-3H3,(H,15,19). The van der Waals surface area contributed by atoms with Crippen molar-refractivity contribution < 1.29 is 13.2 Å². The van der Waals surface area contributed by atoms with E-state index in [9.17, 15) is 13.2 Å². The van der Waals surface area contributed by atoms with Crippen LogP contribution in [0, 0.1) is 0 Å². The summed E-state index contributed by atoms with van der Waals surface area (Å²) in [4.78, 5) is 13.1. The summed E-state index contributed by atoms with van der Waals surface area (Å²) >= 11 is 0. The zero-order chi connectivity index (χ0) is 16.3. The first-order chi connectivity index (χ1) is 10.3. The maximum Gasteiger partial charge on any atom is 0.281 e. The van der Waals surface area contributed by atoms with E-state index in [1.807, 2.05) is 24.3 Å². The average molecular weight is 326 g/mol. The van der Waals surface area contributed by atoms with E-state index in [0.29, 0.717) is 26.2 Å². The van der Waals surface area contributed by atoms with Gasteiger partial charge in [0.05, 0.1) is 0 Å². The summed E-state index contributed by atoms with van der Waals surface area (Å²) in [5.74, 6) is -0.102. The van der Waals surface area contributed by atoms with Crippen LogP contribution in [0.1, 0.15) is 6.92 Å². The molecule has 0 unspecified atom stereocenters. The summed E-state index contributed by atoms with van der Waals surface area (Å²) in [6, 6.07) is 7.56. The molecule has 8 heteroatoms. The van der Waals surface area contributed by atoms with E-state index < -0.39 is 10.2 Å². The number of amides is 1. The number of benzene rings is 1. The smallest absolute Gasteiger partial charge is 0.281 e. The fraction of sp³-hybridized carbons (Fsp3) is 0.500. The van der Waals surface area contributed by atoms with Gasteiger partial charge in [0.1, 0.15) is 0 Å². The van der Waals surface area contributed by atoms with Gasteiger partial charge in [-0.1, -0.05) is 0 Å². The second-order valence-electron chi connectivity index (χ2n) is 5.40. The molecule has 1 heterocycles. The van der Waals surface area contributed by atoms with Crippen LogP contribution in [0.2, 0.25) is 0 Å². The Hall–Kier alpha value is -1.64. The van der Waals surface area contributed by atoms with Crippen molar-refractivity contribution in [3.63, 3.8) is 0 Å². The number of piperazine rings is 1. The lowest BCUT2D eigenvalue weighted by molar-refractivity contribution is -0.114. The van der Waals surface area contributed by atoms with Crippen molar-refractivity contribution in [1.29, 1.82) is 0 Å². The van der Waals surface area contributed by atoms with E-state index in [0.717, 1.165) is 11.4 Å². The summed E-state index contributed by atoms with van der Waals surface area (Å²) in [7, 11) is -0.245. The maximum atomic E-state index is 12.1. The number of nitrogens with zero attached hydrogens (tertiary/aromatic N) is 3. The number of carbonyl (C=O) groups excluding carboxylic acids is 1. The molecule has 0 aromatic heterocycles. The van der Waals surface area contributed by atoms with Crippen LogP contribution in [0.15, 0.2) is 24.3 Å². The van der Waals surface area contributed by atoms with E-state index in [4.69, 9.17) is 0 Å². The van der Waals surface area contributed by atoms with Gasteiger partial charge in [0.15, 0.2) is 0 Å². The third kappa shape index (κ3) is 3.76.